The molecule has 6 heteroatoms. The van der Waals surface area contributed by atoms with Crippen LogP contribution in [0.1, 0.15) is 29.2 Å². The summed E-state index contributed by atoms with van der Waals surface area (Å²) in [5.41, 5.74) is 5.02. The van der Waals surface area contributed by atoms with Gasteiger partial charge in [-0.3, -0.25) is 0 Å². The van der Waals surface area contributed by atoms with Crippen LogP contribution in [0.5, 0.6) is 0 Å². The molecular formula is C23H29N5S. The molecule has 29 heavy (non-hydrogen) atoms. The number of aryl methyl sites for hydroxylation is 1. The van der Waals surface area contributed by atoms with Gasteiger partial charge in [-0.25, -0.2) is 9.98 Å². The Morgan fingerprint density at radius 3 is 2.59 bits per heavy atom. The molecule has 0 saturated heterocycles. The van der Waals surface area contributed by atoms with Crippen molar-refractivity contribution >= 4 is 17.7 Å². The van der Waals surface area contributed by atoms with Crippen molar-refractivity contribution < 1.29 is 0 Å². The number of aliphatic imine (C=N–C) groups is 1. The van der Waals surface area contributed by atoms with Crippen molar-refractivity contribution in [3.63, 3.8) is 0 Å². The number of nitrogens with one attached hydrogen (secondary N) is 2. The standard InChI is InChI=1S/C23H29N5S/c1-4-25-23(27-15-21-10-5-18(2)13-22(21)29-3)26-14-19-6-8-20(9-7-19)16-28-12-11-24-17-28/h5-13,17H,4,14-16H2,1-3H3,(H2,25,26,27). The third kappa shape index (κ3) is 6.39. The molecule has 3 aromatic rings. The first-order chi connectivity index (χ1) is 14.2. The van der Waals surface area contributed by atoms with Crippen molar-refractivity contribution in [1.29, 1.82) is 0 Å². The molecule has 0 amide bonds. The van der Waals surface area contributed by atoms with Gasteiger partial charge in [-0.15, -0.1) is 11.8 Å². The van der Waals surface area contributed by atoms with Crippen molar-refractivity contribution in [2.75, 3.05) is 12.8 Å². The summed E-state index contributed by atoms with van der Waals surface area (Å²) in [6.07, 6.45) is 7.73. The Kier molecular flexibility index (Phi) is 7.76. The third-order valence-corrected chi connectivity index (χ3v) is 5.42. The van der Waals surface area contributed by atoms with Crippen LogP contribution in [0.4, 0.5) is 0 Å². The summed E-state index contributed by atoms with van der Waals surface area (Å²) in [5.74, 6) is 0.836. The number of hydrogen-bond donors (Lipinski definition) is 2. The highest BCUT2D eigenvalue weighted by Gasteiger charge is 2.04. The van der Waals surface area contributed by atoms with Crippen molar-refractivity contribution in [2.24, 2.45) is 4.99 Å². The summed E-state index contributed by atoms with van der Waals surface area (Å²) in [4.78, 5) is 10.1. The van der Waals surface area contributed by atoms with Crippen LogP contribution >= 0.6 is 11.8 Å². The monoisotopic (exact) mass is 407 g/mol. The van der Waals surface area contributed by atoms with Crippen LogP contribution in [0.25, 0.3) is 0 Å². The molecule has 0 unspecified atom stereocenters. The van der Waals surface area contributed by atoms with Crippen LogP contribution in [0, 0.1) is 6.92 Å². The largest absolute Gasteiger partial charge is 0.357 e. The van der Waals surface area contributed by atoms with E-state index in [9.17, 15) is 0 Å². The third-order valence-electron chi connectivity index (χ3n) is 4.60. The van der Waals surface area contributed by atoms with E-state index in [1.54, 1.807) is 18.0 Å². The molecule has 0 saturated carbocycles. The Morgan fingerprint density at radius 2 is 1.90 bits per heavy atom. The Morgan fingerprint density at radius 1 is 1.10 bits per heavy atom. The molecule has 5 nitrogen and oxygen atoms in total. The smallest absolute Gasteiger partial charge is 0.191 e. The van der Waals surface area contributed by atoms with E-state index in [0.29, 0.717) is 6.54 Å². The molecule has 3 rings (SSSR count). The number of aromatic nitrogens is 2. The zero-order valence-corrected chi connectivity index (χ0v) is 18.2. The van der Waals surface area contributed by atoms with Gasteiger partial charge in [0.25, 0.3) is 0 Å². The SMILES string of the molecule is CCNC(=NCc1ccc(Cn2ccnc2)cc1)NCc1ccc(C)cc1SC. The maximum absolute atomic E-state index is 4.75. The van der Waals surface area contributed by atoms with E-state index in [1.807, 2.05) is 12.5 Å². The lowest BCUT2D eigenvalue weighted by Crippen LogP contribution is -2.36. The van der Waals surface area contributed by atoms with Gasteiger partial charge in [0.2, 0.25) is 0 Å². The number of nitrogens with zero attached hydrogens (tertiary/aromatic N) is 3. The topological polar surface area (TPSA) is 54.2 Å². The highest BCUT2D eigenvalue weighted by Crippen LogP contribution is 2.21. The van der Waals surface area contributed by atoms with Gasteiger partial charge in [0.05, 0.1) is 12.9 Å². The van der Waals surface area contributed by atoms with Crippen LogP contribution in [-0.2, 0) is 19.6 Å². The molecule has 0 fully saturated rings. The highest BCUT2D eigenvalue weighted by atomic mass is 32.2. The fraction of sp³-hybridized carbons (Fsp3) is 0.304. The normalized spacial score (nSPS) is 11.5. The van der Waals surface area contributed by atoms with Gasteiger partial charge in [0, 0.05) is 36.9 Å². The van der Waals surface area contributed by atoms with Gasteiger partial charge in [0.1, 0.15) is 0 Å². The molecule has 0 radical (unpaired) electrons. The molecule has 0 spiro atoms. The van der Waals surface area contributed by atoms with E-state index in [1.165, 1.54) is 27.1 Å². The lowest BCUT2D eigenvalue weighted by Gasteiger charge is -2.14. The molecule has 0 aliphatic rings. The maximum atomic E-state index is 4.75. The lowest BCUT2D eigenvalue weighted by molar-refractivity contribution is 0.795. The van der Waals surface area contributed by atoms with Gasteiger partial charge in [-0.05, 0) is 48.4 Å². The first-order valence-electron chi connectivity index (χ1n) is 9.87. The second-order valence-electron chi connectivity index (χ2n) is 6.92. The van der Waals surface area contributed by atoms with E-state index in [0.717, 1.165) is 25.6 Å². The van der Waals surface area contributed by atoms with Crippen molar-refractivity contribution in [3.05, 3.63) is 83.4 Å². The number of imidazole rings is 1. The van der Waals surface area contributed by atoms with E-state index in [-0.39, 0.29) is 0 Å². The number of rotatable bonds is 8. The van der Waals surface area contributed by atoms with Gasteiger partial charge >= 0.3 is 0 Å². The quantitative estimate of drug-likeness (QED) is 0.334. The van der Waals surface area contributed by atoms with E-state index in [2.05, 4.69) is 82.8 Å². The average Bonchev–Trinajstić information content (AvgIpc) is 3.25. The minimum absolute atomic E-state index is 0.643. The fourth-order valence-electron chi connectivity index (χ4n) is 3.03. The zero-order chi connectivity index (χ0) is 20.5. The number of hydrogen-bond acceptors (Lipinski definition) is 3. The molecule has 0 aliphatic heterocycles. The molecule has 0 bridgehead atoms. The van der Waals surface area contributed by atoms with Crippen LogP contribution in [0.3, 0.4) is 0 Å². The molecule has 152 valence electrons. The lowest BCUT2D eigenvalue weighted by atomic mass is 10.1. The van der Waals surface area contributed by atoms with Crippen LogP contribution in [0.15, 0.2) is 71.1 Å². The second kappa shape index (κ2) is 10.7. The molecule has 0 aliphatic carbocycles. The fourth-order valence-corrected chi connectivity index (χ4v) is 3.74. The number of thioether (sulfide) groups is 1. The van der Waals surface area contributed by atoms with Crippen molar-refractivity contribution in [1.82, 2.24) is 20.2 Å². The molecule has 2 N–H and O–H groups in total. The Balaban J connectivity index is 1.60. The molecule has 2 aromatic carbocycles. The van der Waals surface area contributed by atoms with Crippen molar-refractivity contribution in [3.8, 4) is 0 Å². The highest BCUT2D eigenvalue weighted by molar-refractivity contribution is 7.98. The van der Waals surface area contributed by atoms with E-state index in [4.69, 9.17) is 4.99 Å². The Bertz CT molecular complexity index is 917. The van der Waals surface area contributed by atoms with Gasteiger partial charge in [-0.2, -0.15) is 0 Å². The first-order valence-corrected chi connectivity index (χ1v) is 11.1. The van der Waals surface area contributed by atoms with Crippen molar-refractivity contribution in [2.45, 2.75) is 38.4 Å². The zero-order valence-electron chi connectivity index (χ0n) is 17.4. The summed E-state index contributed by atoms with van der Waals surface area (Å²) >= 11 is 1.78. The summed E-state index contributed by atoms with van der Waals surface area (Å²) in [7, 11) is 0. The molecular weight excluding hydrogens is 378 g/mol. The van der Waals surface area contributed by atoms with Crippen LogP contribution in [-0.4, -0.2) is 28.3 Å². The molecule has 1 aromatic heterocycles. The summed E-state index contributed by atoms with van der Waals surface area (Å²) in [6, 6.07) is 15.2. The van der Waals surface area contributed by atoms with Gasteiger partial charge in [0.15, 0.2) is 5.96 Å². The molecule has 1 heterocycles. The maximum Gasteiger partial charge on any atom is 0.191 e. The second-order valence-corrected chi connectivity index (χ2v) is 7.76. The number of benzene rings is 2. The summed E-state index contributed by atoms with van der Waals surface area (Å²) in [6.45, 7) is 7.28. The van der Waals surface area contributed by atoms with Crippen LogP contribution in [0.2, 0.25) is 0 Å². The van der Waals surface area contributed by atoms with Crippen LogP contribution < -0.4 is 10.6 Å². The molecule has 0 atom stereocenters. The predicted octanol–water partition coefficient (Wildman–Crippen LogP) is 4.22. The number of guanidine groups is 1. The minimum Gasteiger partial charge on any atom is -0.357 e. The van der Waals surface area contributed by atoms with E-state index < -0.39 is 0 Å². The minimum atomic E-state index is 0.643. The summed E-state index contributed by atoms with van der Waals surface area (Å²) < 4.78 is 2.06. The Hall–Kier alpha value is -2.73. The van der Waals surface area contributed by atoms with E-state index >= 15 is 0 Å². The predicted molar refractivity (Wildman–Crippen MR) is 122 cm³/mol. The summed E-state index contributed by atoms with van der Waals surface area (Å²) in [5, 5.41) is 6.79. The van der Waals surface area contributed by atoms with Gasteiger partial charge in [-0.1, -0.05) is 36.4 Å². The average molecular weight is 408 g/mol. The Labute approximate surface area is 177 Å². The first kappa shape index (κ1) is 21.0. The van der Waals surface area contributed by atoms with Gasteiger partial charge < -0.3 is 15.2 Å².